The number of allylic oxidation sites excluding steroid dienone is 1. The number of methoxy groups -OCH3 is 2. The lowest BCUT2D eigenvalue weighted by molar-refractivity contribution is -0.139. The molecule has 1 aliphatic heterocycles. The Morgan fingerprint density at radius 3 is 2.20 bits per heavy atom. The third-order valence-electron chi connectivity index (χ3n) is 7.74. The van der Waals surface area contributed by atoms with Crippen molar-refractivity contribution in [2.24, 2.45) is 4.99 Å². The molecule has 0 unspecified atom stereocenters. The van der Waals surface area contributed by atoms with Crippen LogP contribution in [-0.4, -0.2) is 50.5 Å². The van der Waals surface area contributed by atoms with E-state index in [0.29, 0.717) is 72.4 Å². The highest BCUT2D eigenvalue weighted by Crippen LogP contribution is 2.41. The van der Waals surface area contributed by atoms with Crippen LogP contribution in [0.15, 0.2) is 80.1 Å². The number of nitrogens with zero attached hydrogens (tertiary/aromatic N) is 2. The quantitative estimate of drug-likeness (QED) is 0.157. The maximum Gasteiger partial charge on any atom is 0.338 e. The lowest BCUT2D eigenvalue weighted by Crippen LogP contribution is -2.40. The molecule has 13 heteroatoms. The van der Waals surface area contributed by atoms with E-state index >= 15 is 0 Å². The molecule has 1 aromatic heterocycles. The van der Waals surface area contributed by atoms with Crippen molar-refractivity contribution in [1.29, 1.82) is 0 Å². The van der Waals surface area contributed by atoms with Crippen molar-refractivity contribution in [3.05, 3.63) is 112 Å². The van der Waals surface area contributed by atoms with Gasteiger partial charge in [-0.3, -0.25) is 9.36 Å². The van der Waals surface area contributed by atoms with E-state index in [9.17, 15) is 14.4 Å². The van der Waals surface area contributed by atoms with Crippen LogP contribution in [-0.2, 0) is 20.9 Å². The first kappa shape index (κ1) is 36.4. The van der Waals surface area contributed by atoms with E-state index in [1.54, 1.807) is 63.2 Å². The molecule has 3 aromatic carbocycles. The second-order valence-corrected chi connectivity index (χ2v) is 12.7. The number of esters is 2. The van der Waals surface area contributed by atoms with Crippen LogP contribution in [0.3, 0.4) is 0 Å². The van der Waals surface area contributed by atoms with Gasteiger partial charge in [0.2, 0.25) is 0 Å². The summed E-state index contributed by atoms with van der Waals surface area (Å²) in [7, 11) is 3.05. The predicted molar refractivity (Wildman–Crippen MR) is 192 cm³/mol. The number of fused-ring (bicyclic) bond motifs is 1. The van der Waals surface area contributed by atoms with Crippen molar-refractivity contribution in [2.45, 2.75) is 40.3 Å². The number of hydrogen-bond acceptors (Lipinski definition) is 11. The molecule has 1 aliphatic rings. The Morgan fingerprint density at radius 1 is 0.860 bits per heavy atom. The Balaban J connectivity index is 1.53. The summed E-state index contributed by atoms with van der Waals surface area (Å²) in [4.78, 5) is 44.7. The minimum Gasteiger partial charge on any atom is -0.493 e. The van der Waals surface area contributed by atoms with Gasteiger partial charge in [0, 0.05) is 4.47 Å². The molecule has 50 heavy (non-hydrogen) atoms. The van der Waals surface area contributed by atoms with Crippen LogP contribution >= 0.6 is 27.3 Å². The van der Waals surface area contributed by atoms with E-state index in [1.807, 2.05) is 25.1 Å². The largest absolute Gasteiger partial charge is 0.493 e. The summed E-state index contributed by atoms with van der Waals surface area (Å²) in [6.07, 6.45) is 1.76. The molecule has 1 atom stereocenters. The molecule has 0 N–H and O–H groups in total. The van der Waals surface area contributed by atoms with Crippen LogP contribution in [0.2, 0.25) is 0 Å². The van der Waals surface area contributed by atoms with Crippen LogP contribution in [0.4, 0.5) is 0 Å². The summed E-state index contributed by atoms with van der Waals surface area (Å²) < 4.78 is 36.0. The van der Waals surface area contributed by atoms with Crippen LogP contribution in [0, 0.1) is 0 Å². The topological polar surface area (TPSA) is 124 Å². The summed E-state index contributed by atoms with van der Waals surface area (Å²) in [6, 6.07) is 15.1. The minimum atomic E-state index is -0.859. The highest BCUT2D eigenvalue weighted by molar-refractivity contribution is 9.10. The molecule has 11 nitrogen and oxygen atoms in total. The molecule has 4 aromatic rings. The molecule has 0 aliphatic carbocycles. The van der Waals surface area contributed by atoms with Crippen LogP contribution < -0.4 is 33.8 Å². The van der Waals surface area contributed by atoms with Gasteiger partial charge in [0.25, 0.3) is 5.56 Å². The zero-order chi connectivity index (χ0) is 35.9. The van der Waals surface area contributed by atoms with Gasteiger partial charge in [0.05, 0.1) is 61.4 Å². The standard InChI is InChI=1S/C37H37BrN2O9S/c1-7-46-30-16-23(12-15-27(30)49-20-22-10-13-24(14-11-22)35(42)47-8-2)17-31-34(41)40-33(25-18-28(44-5)29(45-6)19-26(25)38)32(36(43)48-9-3)21(4)39-37(40)50-31/h10-19,33H,7-9,20H2,1-6H3/b31-17-/t33-/m1/s1. The van der Waals surface area contributed by atoms with Crippen molar-refractivity contribution in [3.63, 3.8) is 0 Å². The summed E-state index contributed by atoms with van der Waals surface area (Å²) in [5.41, 5.74) is 2.99. The molecule has 2 heterocycles. The molecule has 0 fully saturated rings. The molecule has 0 saturated carbocycles. The zero-order valence-corrected chi connectivity index (χ0v) is 30.9. The van der Waals surface area contributed by atoms with Crippen molar-refractivity contribution in [1.82, 2.24) is 4.57 Å². The Labute approximate surface area is 301 Å². The molecule has 0 amide bonds. The number of rotatable bonds is 13. The zero-order valence-electron chi connectivity index (χ0n) is 28.5. The number of carbonyl (C=O) groups is 2. The third-order valence-corrected chi connectivity index (χ3v) is 9.41. The Morgan fingerprint density at radius 2 is 1.54 bits per heavy atom. The summed E-state index contributed by atoms with van der Waals surface area (Å²) in [5.74, 6) is 1.00. The normalized spacial score (nSPS) is 14.1. The number of benzene rings is 3. The van der Waals surface area contributed by atoms with E-state index in [4.69, 9.17) is 28.4 Å². The molecular formula is C37H37BrN2O9S. The Bertz CT molecular complexity index is 2120. The molecule has 0 bridgehead atoms. The first-order valence-electron chi connectivity index (χ1n) is 15.9. The molecule has 262 valence electrons. The maximum absolute atomic E-state index is 14.2. The van der Waals surface area contributed by atoms with E-state index in [2.05, 4.69) is 20.9 Å². The van der Waals surface area contributed by atoms with Gasteiger partial charge in [-0.1, -0.05) is 45.5 Å². The number of aromatic nitrogens is 1. The number of halogens is 1. The van der Waals surface area contributed by atoms with Crippen molar-refractivity contribution in [2.75, 3.05) is 34.0 Å². The molecule has 0 radical (unpaired) electrons. The fraction of sp³-hybridized carbons (Fsp3) is 0.297. The fourth-order valence-electron chi connectivity index (χ4n) is 5.43. The second kappa shape index (κ2) is 16.2. The van der Waals surface area contributed by atoms with Crippen LogP contribution in [0.5, 0.6) is 23.0 Å². The molecule has 0 spiro atoms. The number of hydrogen-bond donors (Lipinski definition) is 0. The molecule has 0 saturated heterocycles. The second-order valence-electron chi connectivity index (χ2n) is 10.9. The smallest absolute Gasteiger partial charge is 0.338 e. The van der Waals surface area contributed by atoms with Gasteiger partial charge in [0.15, 0.2) is 27.8 Å². The first-order valence-corrected chi connectivity index (χ1v) is 17.5. The van der Waals surface area contributed by atoms with Crippen molar-refractivity contribution >= 4 is 45.3 Å². The monoisotopic (exact) mass is 764 g/mol. The highest BCUT2D eigenvalue weighted by atomic mass is 79.9. The van der Waals surface area contributed by atoms with Gasteiger partial charge in [0.1, 0.15) is 6.61 Å². The van der Waals surface area contributed by atoms with Gasteiger partial charge >= 0.3 is 11.9 Å². The lowest BCUT2D eigenvalue weighted by atomic mass is 9.95. The highest BCUT2D eigenvalue weighted by Gasteiger charge is 2.35. The van der Waals surface area contributed by atoms with E-state index < -0.39 is 12.0 Å². The average Bonchev–Trinajstić information content (AvgIpc) is 3.41. The van der Waals surface area contributed by atoms with E-state index in [0.717, 1.165) is 5.56 Å². The van der Waals surface area contributed by atoms with Gasteiger partial charge in [-0.05, 0) is 86.9 Å². The Hall–Kier alpha value is -4.88. The fourth-order valence-corrected chi connectivity index (χ4v) is 7.02. The number of thiazole rings is 1. The van der Waals surface area contributed by atoms with Gasteiger partial charge in [-0.15, -0.1) is 0 Å². The van der Waals surface area contributed by atoms with E-state index in [1.165, 1.54) is 30.1 Å². The third kappa shape index (κ3) is 7.63. The van der Waals surface area contributed by atoms with Gasteiger partial charge < -0.3 is 28.4 Å². The van der Waals surface area contributed by atoms with Gasteiger partial charge in [-0.25, -0.2) is 14.6 Å². The van der Waals surface area contributed by atoms with E-state index in [-0.39, 0.29) is 30.3 Å². The van der Waals surface area contributed by atoms with Crippen LogP contribution in [0.25, 0.3) is 6.08 Å². The average molecular weight is 766 g/mol. The van der Waals surface area contributed by atoms with Gasteiger partial charge in [-0.2, -0.15) is 0 Å². The summed E-state index contributed by atoms with van der Waals surface area (Å²) >= 11 is 4.84. The Kier molecular flexibility index (Phi) is 11.8. The summed E-state index contributed by atoms with van der Waals surface area (Å²) in [6.45, 7) is 8.19. The number of carbonyl (C=O) groups excluding carboxylic acids is 2. The minimum absolute atomic E-state index is 0.156. The number of ether oxygens (including phenoxy) is 6. The molecular weight excluding hydrogens is 728 g/mol. The SMILES string of the molecule is CCOC(=O)C1=C(C)N=c2s/c(=C\c3ccc(OCc4ccc(C(=O)OCC)cc4)c(OCC)c3)c(=O)n2[C@@H]1c1cc(OC)c(OC)cc1Br. The first-order chi connectivity index (χ1) is 24.1. The van der Waals surface area contributed by atoms with Crippen molar-refractivity contribution in [3.8, 4) is 23.0 Å². The lowest BCUT2D eigenvalue weighted by Gasteiger charge is -2.26. The van der Waals surface area contributed by atoms with Crippen molar-refractivity contribution < 1.29 is 38.0 Å². The van der Waals surface area contributed by atoms with Crippen LogP contribution in [0.1, 0.15) is 60.8 Å². The molecule has 5 rings (SSSR count). The summed E-state index contributed by atoms with van der Waals surface area (Å²) in [5, 5.41) is 0. The maximum atomic E-state index is 14.2. The predicted octanol–water partition coefficient (Wildman–Crippen LogP) is 5.73.